The predicted octanol–water partition coefficient (Wildman–Crippen LogP) is 0.844. The van der Waals surface area contributed by atoms with Crippen LogP contribution in [0.3, 0.4) is 0 Å². The summed E-state index contributed by atoms with van der Waals surface area (Å²) in [5.41, 5.74) is -0.0559. The van der Waals surface area contributed by atoms with Crippen LogP contribution >= 0.6 is 0 Å². The topological polar surface area (TPSA) is 86.7 Å². The summed E-state index contributed by atoms with van der Waals surface area (Å²) in [6.45, 7) is 1.64. The van der Waals surface area contributed by atoms with Crippen molar-refractivity contribution in [1.29, 1.82) is 0 Å². The van der Waals surface area contributed by atoms with Crippen LogP contribution < -0.4 is 4.74 Å². The SMILES string of the molecule is CCOC(=O)C(=O)c1ccc(OC)c(S(C)(=O)=O)c1. The first-order chi connectivity index (χ1) is 8.81. The van der Waals surface area contributed by atoms with E-state index in [-0.39, 0.29) is 22.8 Å². The van der Waals surface area contributed by atoms with E-state index in [2.05, 4.69) is 4.74 Å². The van der Waals surface area contributed by atoms with Gasteiger partial charge in [-0.05, 0) is 25.1 Å². The van der Waals surface area contributed by atoms with Crippen molar-refractivity contribution in [2.75, 3.05) is 20.0 Å². The molecule has 104 valence electrons. The van der Waals surface area contributed by atoms with E-state index in [0.29, 0.717) is 0 Å². The molecular formula is C12H14O6S. The Balaban J connectivity index is 3.27. The van der Waals surface area contributed by atoms with Gasteiger partial charge in [-0.25, -0.2) is 13.2 Å². The number of carbonyl (C=O) groups excluding carboxylic acids is 2. The summed E-state index contributed by atoms with van der Waals surface area (Å²) < 4.78 is 32.6. The third-order valence-electron chi connectivity index (χ3n) is 2.29. The van der Waals surface area contributed by atoms with E-state index in [9.17, 15) is 18.0 Å². The summed E-state index contributed by atoms with van der Waals surface area (Å²) in [6.07, 6.45) is 0.990. The zero-order valence-electron chi connectivity index (χ0n) is 10.8. The van der Waals surface area contributed by atoms with Gasteiger partial charge in [0.2, 0.25) is 0 Å². The Bertz CT molecular complexity index is 603. The Morgan fingerprint density at radius 1 is 1.26 bits per heavy atom. The summed E-state index contributed by atoms with van der Waals surface area (Å²) >= 11 is 0. The third kappa shape index (κ3) is 3.54. The molecule has 0 aromatic heterocycles. The monoisotopic (exact) mass is 286 g/mol. The normalized spacial score (nSPS) is 10.9. The molecule has 19 heavy (non-hydrogen) atoms. The molecule has 0 saturated carbocycles. The number of sulfone groups is 1. The lowest BCUT2D eigenvalue weighted by atomic mass is 10.1. The molecule has 0 bridgehead atoms. The molecule has 1 rings (SSSR count). The highest BCUT2D eigenvalue weighted by molar-refractivity contribution is 7.90. The zero-order valence-corrected chi connectivity index (χ0v) is 11.6. The zero-order chi connectivity index (χ0) is 14.6. The molecule has 0 aliphatic rings. The Morgan fingerprint density at radius 2 is 1.89 bits per heavy atom. The summed E-state index contributed by atoms with van der Waals surface area (Å²) in [4.78, 5) is 22.9. The van der Waals surface area contributed by atoms with Crippen LogP contribution in [0, 0.1) is 0 Å². The highest BCUT2D eigenvalue weighted by atomic mass is 32.2. The first-order valence-electron chi connectivity index (χ1n) is 5.40. The molecule has 0 aliphatic heterocycles. The molecule has 0 spiro atoms. The second-order valence-corrected chi connectivity index (χ2v) is 5.67. The second-order valence-electron chi connectivity index (χ2n) is 3.69. The van der Waals surface area contributed by atoms with Gasteiger partial charge in [0.15, 0.2) is 9.84 Å². The molecule has 0 heterocycles. The third-order valence-corrected chi connectivity index (χ3v) is 3.40. The minimum atomic E-state index is -3.57. The van der Waals surface area contributed by atoms with Crippen molar-refractivity contribution < 1.29 is 27.5 Å². The van der Waals surface area contributed by atoms with Crippen LogP contribution in [0.1, 0.15) is 17.3 Å². The van der Waals surface area contributed by atoms with Crippen LogP contribution in [0.5, 0.6) is 5.75 Å². The van der Waals surface area contributed by atoms with Crippen LogP contribution in [0.4, 0.5) is 0 Å². The minimum absolute atomic E-state index is 0.0559. The Kier molecular flexibility index (Phi) is 4.66. The van der Waals surface area contributed by atoms with E-state index in [4.69, 9.17) is 4.74 Å². The van der Waals surface area contributed by atoms with Crippen LogP contribution in [-0.4, -0.2) is 40.1 Å². The lowest BCUT2D eigenvalue weighted by Gasteiger charge is -2.08. The van der Waals surface area contributed by atoms with Crippen LogP contribution in [0.25, 0.3) is 0 Å². The van der Waals surface area contributed by atoms with E-state index >= 15 is 0 Å². The molecule has 0 amide bonds. The molecule has 0 unspecified atom stereocenters. The second kappa shape index (κ2) is 5.83. The van der Waals surface area contributed by atoms with Gasteiger partial charge in [0, 0.05) is 11.8 Å². The van der Waals surface area contributed by atoms with Crippen molar-refractivity contribution in [2.45, 2.75) is 11.8 Å². The molecule has 0 aliphatic carbocycles. The van der Waals surface area contributed by atoms with Gasteiger partial charge in [0.05, 0.1) is 13.7 Å². The van der Waals surface area contributed by atoms with Crippen molar-refractivity contribution in [1.82, 2.24) is 0 Å². The summed E-state index contributed by atoms with van der Waals surface area (Å²) in [6, 6.07) is 3.74. The van der Waals surface area contributed by atoms with Gasteiger partial charge in [0.1, 0.15) is 10.6 Å². The van der Waals surface area contributed by atoms with E-state index in [1.54, 1.807) is 6.92 Å². The predicted molar refractivity (Wildman–Crippen MR) is 67.1 cm³/mol. The lowest BCUT2D eigenvalue weighted by molar-refractivity contribution is -0.137. The molecule has 1 aromatic rings. The van der Waals surface area contributed by atoms with Gasteiger partial charge in [-0.3, -0.25) is 4.79 Å². The number of hydrogen-bond donors (Lipinski definition) is 0. The number of hydrogen-bond acceptors (Lipinski definition) is 6. The van der Waals surface area contributed by atoms with E-state index in [1.807, 2.05) is 0 Å². The molecule has 6 nitrogen and oxygen atoms in total. The maximum atomic E-state index is 11.7. The van der Waals surface area contributed by atoms with Gasteiger partial charge >= 0.3 is 5.97 Å². The minimum Gasteiger partial charge on any atom is -0.495 e. The van der Waals surface area contributed by atoms with Crippen LogP contribution in [0.2, 0.25) is 0 Å². The Morgan fingerprint density at radius 3 is 2.37 bits per heavy atom. The van der Waals surface area contributed by atoms with Crippen LogP contribution in [0.15, 0.2) is 23.1 Å². The number of benzene rings is 1. The molecule has 0 fully saturated rings. The van der Waals surface area contributed by atoms with Crippen molar-refractivity contribution >= 4 is 21.6 Å². The molecule has 7 heteroatoms. The standard InChI is InChI=1S/C12H14O6S/c1-4-18-12(14)11(13)8-5-6-9(17-2)10(7-8)19(3,15)16/h5-7H,4H2,1-3H3. The van der Waals surface area contributed by atoms with Gasteiger partial charge < -0.3 is 9.47 Å². The maximum Gasteiger partial charge on any atom is 0.379 e. The van der Waals surface area contributed by atoms with Crippen LogP contribution in [-0.2, 0) is 19.4 Å². The quantitative estimate of drug-likeness (QED) is 0.453. The van der Waals surface area contributed by atoms with Crippen molar-refractivity contribution in [3.8, 4) is 5.75 Å². The van der Waals surface area contributed by atoms with Crippen molar-refractivity contribution in [2.24, 2.45) is 0 Å². The van der Waals surface area contributed by atoms with E-state index in [0.717, 1.165) is 12.3 Å². The number of esters is 1. The summed E-state index contributed by atoms with van der Waals surface area (Å²) in [5, 5.41) is 0. The van der Waals surface area contributed by atoms with Gasteiger partial charge in [0.25, 0.3) is 5.78 Å². The molecule has 0 N–H and O–H groups in total. The average Bonchev–Trinajstić information content (AvgIpc) is 2.36. The fraction of sp³-hybridized carbons (Fsp3) is 0.333. The average molecular weight is 286 g/mol. The first kappa shape index (κ1) is 15.2. The first-order valence-corrected chi connectivity index (χ1v) is 7.30. The maximum absolute atomic E-state index is 11.7. The van der Waals surface area contributed by atoms with E-state index in [1.165, 1.54) is 19.2 Å². The molecule has 1 aromatic carbocycles. The number of ether oxygens (including phenoxy) is 2. The van der Waals surface area contributed by atoms with E-state index < -0.39 is 21.6 Å². The molecule has 0 saturated heterocycles. The number of methoxy groups -OCH3 is 1. The summed E-state index contributed by atoms with van der Waals surface area (Å²) in [7, 11) is -2.25. The molecule has 0 atom stereocenters. The number of carbonyl (C=O) groups is 2. The molecular weight excluding hydrogens is 272 g/mol. The number of ketones is 1. The summed E-state index contributed by atoms with van der Waals surface area (Å²) in [5.74, 6) is -1.80. The molecule has 0 radical (unpaired) electrons. The Hall–Kier alpha value is -1.89. The highest BCUT2D eigenvalue weighted by Gasteiger charge is 2.22. The fourth-order valence-corrected chi connectivity index (χ4v) is 2.28. The fourth-order valence-electron chi connectivity index (χ4n) is 1.42. The lowest BCUT2D eigenvalue weighted by Crippen LogP contribution is -2.18. The van der Waals surface area contributed by atoms with Crippen molar-refractivity contribution in [3.63, 3.8) is 0 Å². The van der Waals surface area contributed by atoms with Crippen molar-refractivity contribution in [3.05, 3.63) is 23.8 Å². The number of Topliss-reactive ketones (excluding diaryl/α,β-unsaturated/α-hetero) is 1. The smallest absolute Gasteiger partial charge is 0.379 e. The Labute approximate surface area is 111 Å². The highest BCUT2D eigenvalue weighted by Crippen LogP contribution is 2.25. The van der Waals surface area contributed by atoms with Gasteiger partial charge in [-0.2, -0.15) is 0 Å². The largest absolute Gasteiger partial charge is 0.495 e. The number of rotatable bonds is 5. The van der Waals surface area contributed by atoms with Gasteiger partial charge in [-0.1, -0.05) is 0 Å². The van der Waals surface area contributed by atoms with Gasteiger partial charge in [-0.15, -0.1) is 0 Å².